The average Bonchev–Trinajstić information content (AvgIpc) is 1.95. The van der Waals surface area contributed by atoms with E-state index in [4.69, 9.17) is 5.73 Å². The Bertz CT molecular complexity index is 311. The first kappa shape index (κ1) is 7.14. The summed E-state index contributed by atoms with van der Waals surface area (Å²) in [4.78, 5) is 0. The monoisotopic (exact) mass is 151 g/mol. The Balaban J connectivity index is 3.08. The summed E-state index contributed by atoms with van der Waals surface area (Å²) in [5, 5.41) is 0. The molecule has 2 nitrogen and oxygen atoms in total. The van der Waals surface area contributed by atoms with E-state index in [0.717, 1.165) is 5.56 Å². The molecule has 1 aromatic carbocycles. The quantitative estimate of drug-likeness (QED) is 0.454. The molecule has 0 heterocycles. The number of rotatable bonds is 0. The van der Waals surface area contributed by atoms with Crippen LogP contribution in [0.15, 0.2) is 24.3 Å². The van der Waals surface area contributed by atoms with Gasteiger partial charge in [0.05, 0.1) is 0 Å². The normalized spacial score (nSPS) is 8.40. The average molecular weight is 151 g/mol. The third-order valence-electron chi connectivity index (χ3n) is 1.09. The van der Waals surface area contributed by atoms with Gasteiger partial charge in [0.1, 0.15) is 0 Å². The molecule has 0 aromatic heterocycles. The summed E-state index contributed by atoms with van der Waals surface area (Å²) in [5.74, 6) is 0. The van der Waals surface area contributed by atoms with Crippen molar-refractivity contribution in [2.75, 3.05) is 5.73 Å². The molecule has 0 bridgehead atoms. The van der Waals surface area contributed by atoms with Crippen molar-refractivity contribution < 1.29 is 4.57 Å². The number of nitrogens with two attached hydrogens (primary N) is 1. The number of anilines is 1. The predicted octanol–water partition coefficient (Wildman–Crippen LogP) is 1.87. The van der Waals surface area contributed by atoms with E-state index in [1.807, 2.05) is 0 Å². The van der Waals surface area contributed by atoms with E-state index < -0.39 is 0 Å². The van der Waals surface area contributed by atoms with Crippen molar-refractivity contribution in [1.82, 2.24) is 0 Å². The molecule has 2 N–H and O–H groups in total. The second kappa shape index (κ2) is 3.26. The van der Waals surface area contributed by atoms with Crippen molar-refractivity contribution in [2.24, 2.45) is 0 Å². The molecule has 10 heavy (non-hydrogen) atoms. The molecule has 0 atom stereocenters. The van der Waals surface area contributed by atoms with Crippen molar-refractivity contribution >= 4 is 13.6 Å². The van der Waals surface area contributed by atoms with Gasteiger partial charge in [0.2, 0.25) is 0 Å². The second-order valence-corrected chi connectivity index (χ2v) is 2.23. The molecule has 0 aliphatic heterocycles. The topological polar surface area (TPSA) is 43.1 Å². The molecule has 1 rings (SSSR count). The summed E-state index contributed by atoms with van der Waals surface area (Å²) in [6.07, 6.45) is 0. The van der Waals surface area contributed by atoms with Crippen LogP contribution in [-0.2, 0) is 4.57 Å². The van der Waals surface area contributed by atoms with E-state index in [1.165, 1.54) is 0 Å². The third-order valence-corrected chi connectivity index (χ3v) is 1.43. The van der Waals surface area contributed by atoms with Crippen LogP contribution < -0.4 is 5.73 Å². The first-order valence-corrected chi connectivity index (χ1v) is 3.58. The molecule has 0 fully saturated rings. The van der Waals surface area contributed by atoms with Crippen LogP contribution >= 0.6 is 7.92 Å². The van der Waals surface area contributed by atoms with Crippen LogP contribution in [0.2, 0.25) is 0 Å². The van der Waals surface area contributed by atoms with Gasteiger partial charge in [-0.2, -0.15) is 0 Å². The summed E-state index contributed by atoms with van der Waals surface area (Å²) >= 11 is 0. The van der Waals surface area contributed by atoms with Crippen LogP contribution in [-0.4, -0.2) is 0 Å². The van der Waals surface area contributed by atoms with Crippen LogP contribution in [0.25, 0.3) is 0 Å². The molecular weight excluding hydrogens is 145 g/mol. The van der Waals surface area contributed by atoms with Crippen molar-refractivity contribution in [3.8, 4) is 5.63 Å². The molecule has 3 heteroatoms. The maximum absolute atomic E-state index is 10.0. The molecule has 0 aliphatic rings. The summed E-state index contributed by atoms with van der Waals surface area (Å²) in [6, 6.07) is 7.02. The van der Waals surface area contributed by atoms with Gasteiger partial charge in [-0.15, -0.1) is 0 Å². The van der Waals surface area contributed by atoms with Gasteiger partial charge in [-0.1, -0.05) is 0 Å². The van der Waals surface area contributed by atoms with Crippen LogP contribution in [0.4, 0.5) is 5.69 Å². The van der Waals surface area contributed by atoms with Crippen LogP contribution in [0, 0.1) is 5.63 Å². The van der Waals surface area contributed by atoms with Gasteiger partial charge in [0, 0.05) is 0 Å². The van der Waals surface area contributed by atoms with Crippen LogP contribution in [0.1, 0.15) is 5.56 Å². The Morgan fingerprint density at radius 2 is 1.90 bits per heavy atom. The zero-order valence-corrected chi connectivity index (χ0v) is 6.14. The zero-order valence-electron chi connectivity index (χ0n) is 5.24. The van der Waals surface area contributed by atoms with E-state index >= 15 is 0 Å². The molecule has 1 aromatic rings. The van der Waals surface area contributed by atoms with E-state index in [1.54, 1.807) is 24.3 Å². The maximum atomic E-state index is 10.0. The van der Waals surface area contributed by atoms with E-state index in [9.17, 15) is 4.57 Å². The van der Waals surface area contributed by atoms with Crippen molar-refractivity contribution in [1.29, 1.82) is 0 Å². The van der Waals surface area contributed by atoms with E-state index in [0.29, 0.717) is 5.69 Å². The number of benzene rings is 1. The Morgan fingerprint density at radius 1 is 1.30 bits per heavy atom. The molecule has 0 amide bonds. The third kappa shape index (κ3) is 1.77. The Hall–Kier alpha value is -0.970. The van der Waals surface area contributed by atoms with Crippen molar-refractivity contribution in [3.63, 3.8) is 0 Å². The van der Waals surface area contributed by atoms with Crippen LogP contribution in [0.5, 0.6) is 0 Å². The standard InChI is InChI=1S/C7H6NOP/c8-7-3-1-6(2-4-7)5-10-9/h1-4H,8H2. The van der Waals surface area contributed by atoms with Gasteiger partial charge in [-0.3, -0.25) is 0 Å². The predicted molar refractivity (Wildman–Crippen MR) is 41.5 cm³/mol. The fourth-order valence-electron chi connectivity index (χ4n) is 0.610. The summed E-state index contributed by atoms with van der Waals surface area (Å²) in [7, 11) is -0.0945. The van der Waals surface area contributed by atoms with Gasteiger partial charge in [0.15, 0.2) is 0 Å². The fourth-order valence-corrected chi connectivity index (χ4v) is 0.865. The fraction of sp³-hybridized carbons (Fsp3) is 0. The molecule has 0 saturated carbocycles. The molecular formula is C7H6NOP. The summed E-state index contributed by atoms with van der Waals surface area (Å²) in [5.41, 5.74) is 9.51. The van der Waals surface area contributed by atoms with Gasteiger partial charge in [-0.25, -0.2) is 0 Å². The number of nitrogen functional groups attached to an aromatic ring is 1. The van der Waals surface area contributed by atoms with Crippen molar-refractivity contribution in [3.05, 3.63) is 29.8 Å². The minimum atomic E-state index is -0.0945. The van der Waals surface area contributed by atoms with Crippen molar-refractivity contribution in [2.45, 2.75) is 0 Å². The number of hydrogen-bond acceptors (Lipinski definition) is 2. The molecule has 50 valence electrons. The second-order valence-electron chi connectivity index (χ2n) is 1.83. The van der Waals surface area contributed by atoms with E-state index in [-0.39, 0.29) is 7.92 Å². The molecule has 0 radical (unpaired) electrons. The van der Waals surface area contributed by atoms with Gasteiger partial charge in [-0.05, 0) is 0 Å². The summed E-state index contributed by atoms with van der Waals surface area (Å²) < 4.78 is 10.0. The SMILES string of the molecule is Nc1ccc(C#P=O)cc1. The van der Waals surface area contributed by atoms with Gasteiger partial charge in [0.25, 0.3) is 0 Å². The first-order valence-electron chi connectivity index (χ1n) is 2.77. The molecule has 0 saturated heterocycles. The molecule has 0 aliphatic carbocycles. The zero-order chi connectivity index (χ0) is 7.40. The first-order chi connectivity index (χ1) is 4.83. The summed E-state index contributed by atoms with van der Waals surface area (Å²) in [6.45, 7) is 0. The van der Waals surface area contributed by atoms with Gasteiger partial charge < -0.3 is 0 Å². The van der Waals surface area contributed by atoms with E-state index in [2.05, 4.69) is 5.63 Å². The minimum absolute atomic E-state index is 0.0945. The molecule has 0 unspecified atom stereocenters. The Morgan fingerprint density at radius 3 is 2.40 bits per heavy atom. The molecule has 0 spiro atoms. The van der Waals surface area contributed by atoms with Gasteiger partial charge >= 0.3 is 59.4 Å². The number of hydrogen-bond donors (Lipinski definition) is 1. The van der Waals surface area contributed by atoms with Crippen LogP contribution in [0.3, 0.4) is 0 Å². The Kier molecular flexibility index (Phi) is 2.33. The Labute approximate surface area is 60.2 Å².